The van der Waals surface area contributed by atoms with Crippen molar-refractivity contribution in [2.24, 2.45) is 11.8 Å². The van der Waals surface area contributed by atoms with Crippen LogP contribution in [0.1, 0.15) is 54.4 Å². The molecule has 3 aliphatic rings. The summed E-state index contributed by atoms with van der Waals surface area (Å²) in [6.07, 6.45) is 6.47. The van der Waals surface area contributed by atoms with Crippen LogP contribution in [0.4, 0.5) is 0 Å². The second-order valence-electron chi connectivity index (χ2n) is 8.70. The first-order chi connectivity index (χ1) is 13.9. The minimum absolute atomic E-state index is 0.317. The molecule has 2 heterocycles. The Morgan fingerprint density at radius 3 is 1.43 bits per heavy atom. The van der Waals surface area contributed by atoms with E-state index in [4.69, 9.17) is 4.74 Å². The zero-order valence-corrected chi connectivity index (χ0v) is 16.2. The van der Waals surface area contributed by atoms with Crippen LogP contribution in [0.25, 0.3) is 0 Å². The molecule has 3 aromatic rings. The van der Waals surface area contributed by atoms with Gasteiger partial charge in [-0.25, -0.2) is 0 Å². The molecular weight excluding hydrogens is 340 g/mol. The predicted octanol–water partition coefficient (Wildman–Crippen LogP) is 6.41. The van der Waals surface area contributed by atoms with Crippen LogP contribution >= 0.6 is 0 Å². The molecule has 2 bridgehead atoms. The van der Waals surface area contributed by atoms with E-state index in [-0.39, 0.29) is 11.2 Å². The van der Waals surface area contributed by atoms with Gasteiger partial charge in [0, 0.05) is 11.8 Å². The predicted molar refractivity (Wildman–Crippen MR) is 112 cm³/mol. The summed E-state index contributed by atoms with van der Waals surface area (Å²) in [6, 6.07) is 31.1. The highest BCUT2D eigenvalue weighted by Crippen LogP contribution is 2.70. The quantitative estimate of drug-likeness (QED) is 0.509. The summed E-state index contributed by atoms with van der Waals surface area (Å²) in [4.78, 5) is 0. The molecule has 1 saturated carbocycles. The Morgan fingerprint density at radius 2 is 0.964 bits per heavy atom. The van der Waals surface area contributed by atoms with E-state index >= 15 is 0 Å². The molecule has 28 heavy (non-hydrogen) atoms. The van der Waals surface area contributed by atoms with Crippen molar-refractivity contribution >= 4 is 0 Å². The third-order valence-electron chi connectivity index (χ3n) is 7.51. The Kier molecular flexibility index (Phi) is 3.58. The van der Waals surface area contributed by atoms with Crippen molar-refractivity contribution in [2.75, 3.05) is 0 Å². The number of benzene rings is 3. The van der Waals surface area contributed by atoms with E-state index < -0.39 is 0 Å². The van der Waals surface area contributed by atoms with Crippen molar-refractivity contribution in [3.05, 3.63) is 107 Å². The van der Waals surface area contributed by atoms with Gasteiger partial charge < -0.3 is 4.74 Å². The minimum atomic E-state index is -0.317. The van der Waals surface area contributed by atoms with Crippen LogP contribution in [0, 0.1) is 11.8 Å². The molecule has 1 saturated heterocycles. The molecule has 1 aliphatic carbocycles. The molecule has 0 spiro atoms. The zero-order valence-electron chi connectivity index (χ0n) is 16.2. The summed E-state index contributed by atoms with van der Waals surface area (Å²) in [6.45, 7) is 0. The van der Waals surface area contributed by atoms with Gasteiger partial charge >= 0.3 is 0 Å². The molecule has 2 fully saturated rings. The largest absolute Gasteiger partial charge is 0.349 e. The third kappa shape index (κ3) is 1.96. The third-order valence-corrected chi connectivity index (χ3v) is 7.51. The lowest BCUT2D eigenvalue weighted by molar-refractivity contribution is -0.0594. The molecule has 1 nitrogen and oxygen atoms in total. The van der Waals surface area contributed by atoms with Gasteiger partial charge in [-0.15, -0.1) is 0 Å². The van der Waals surface area contributed by atoms with Crippen LogP contribution in [0.5, 0.6) is 0 Å². The number of hydrogen-bond donors (Lipinski definition) is 0. The van der Waals surface area contributed by atoms with E-state index in [1.54, 1.807) is 0 Å². The van der Waals surface area contributed by atoms with Crippen molar-refractivity contribution in [3.8, 4) is 0 Å². The second kappa shape index (κ2) is 6.06. The number of fused-ring (bicyclic) bond motifs is 8. The molecule has 0 radical (unpaired) electrons. The van der Waals surface area contributed by atoms with E-state index in [1.165, 1.54) is 54.4 Å². The molecule has 0 N–H and O–H groups in total. The van der Waals surface area contributed by atoms with Crippen LogP contribution in [-0.4, -0.2) is 0 Å². The van der Waals surface area contributed by atoms with Crippen molar-refractivity contribution in [2.45, 2.75) is 43.3 Å². The van der Waals surface area contributed by atoms with Gasteiger partial charge in [-0.2, -0.15) is 0 Å². The standard InChI is InChI=1S/C27H26O/c1-4-12-20(13-5-1)26-22-16-8-3-9-17-23(22)27(28-26,21-14-6-2-7-15-21)25-19-11-10-18-24(25)26/h1-2,4-7,10-15,18-19,22-23H,3,8-9,16-17H2/t22-,23-,26-,27+/m1/s1. The normalized spacial score (nSPS) is 33.1. The summed E-state index contributed by atoms with van der Waals surface area (Å²) >= 11 is 0. The van der Waals surface area contributed by atoms with Crippen LogP contribution in [0.3, 0.4) is 0 Å². The maximum Gasteiger partial charge on any atom is 0.123 e. The Bertz CT molecular complexity index is 915. The summed E-state index contributed by atoms with van der Waals surface area (Å²) < 4.78 is 7.39. The average Bonchev–Trinajstić information content (AvgIpc) is 3.10. The topological polar surface area (TPSA) is 9.23 Å². The Hall–Kier alpha value is -2.38. The van der Waals surface area contributed by atoms with Gasteiger partial charge in [0.2, 0.25) is 0 Å². The fourth-order valence-corrected chi connectivity index (χ4v) is 6.55. The van der Waals surface area contributed by atoms with Crippen molar-refractivity contribution in [1.29, 1.82) is 0 Å². The summed E-state index contributed by atoms with van der Waals surface area (Å²) in [7, 11) is 0. The lowest BCUT2D eigenvalue weighted by Crippen LogP contribution is -2.40. The second-order valence-corrected chi connectivity index (χ2v) is 8.70. The molecular formula is C27H26O. The van der Waals surface area contributed by atoms with Crippen molar-refractivity contribution in [3.63, 3.8) is 0 Å². The summed E-state index contributed by atoms with van der Waals surface area (Å²) in [5, 5.41) is 0. The van der Waals surface area contributed by atoms with Crippen molar-refractivity contribution < 1.29 is 4.74 Å². The minimum Gasteiger partial charge on any atom is -0.349 e. The highest BCUT2D eigenvalue weighted by molar-refractivity contribution is 5.57. The van der Waals surface area contributed by atoms with Gasteiger partial charge in [0.05, 0.1) is 0 Å². The Labute approximate surface area is 167 Å². The number of hydrogen-bond acceptors (Lipinski definition) is 1. The number of rotatable bonds is 2. The van der Waals surface area contributed by atoms with Gasteiger partial charge in [0.15, 0.2) is 0 Å². The van der Waals surface area contributed by atoms with Crippen LogP contribution in [-0.2, 0) is 15.9 Å². The maximum absolute atomic E-state index is 7.39. The highest BCUT2D eigenvalue weighted by atomic mass is 16.5. The van der Waals surface area contributed by atoms with E-state index in [0.29, 0.717) is 11.8 Å². The Balaban J connectivity index is 1.69. The monoisotopic (exact) mass is 366 g/mol. The zero-order chi connectivity index (χ0) is 18.6. The molecule has 1 heteroatoms. The number of ether oxygens (including phenoxy) is 1. The van der Waals surface area contributed by atoms with E-state index in [2.05, 4.69) is 84.9 Å². The van der Waals surface area contributed by atoms with E-state index in [9.17, 15) is 0 Å². The van der Waals surface area contributed by atoms with Gasteiger partial charge in [-0.05, 0) is 35.1 Å². The fraction of sp³-hybridized carbons (Fsp3) is 0.333. The first kappa shape index (κ1) is 16.6. The molecule has 0 aromatic heterocycles. The van der Waals surface area contributed by atoms with Gasteiger partial charge in [0.25, 0.3) is 0 Å². The highest BCUT2D eigenvalue weighted by Gasteiger charge is 2.70. The average molecular weight is 367 g/mol. The molecule has 4 atom stereocenters. The SMILES string of the molecule is c1ccc([C@@]23O[C@@](c4ccccc4)(c4ccccc42)[C@@H]2CCCCC[C@H]23)cc1. The molecule has 6 rings (SSSR count). The van der Waals surface area contributed by atoms with Crippen molar-refractivity contribution in [1.82, 2.24) is 0 Å². The maximum atomic E-state index is 7.39. The summed E-state index contributed by atoms with van der Waals surface area (Å²) in [5.74, 6) is 1.07. The van der Waals surface area contributed by atoms with Gasteiger partial charge in [0.1, 0.15) is 11.2 Å². The smallest absolute Gasteiger partial charge is 0.123 e. The first-order valence-corrected chi connectivity index (χ1v) is 10.8. The lowest BCUT2D eigenvalue weighted by atomic mass is 9.59. The van der Waals surface area contributed by atoms with Crippen LogP contribution < -0.4 is 0 Å². The fourth-order valence-electron chi connectivity index (χ4n) is 6.55. The molecule has 0 unspecified atom stereocenters. The molecule has 3 aromatic carbocycles. The molecule has 0 amide bonds. The van der Waals surface area contributed by atoms with E-state index in [1.807, 2.05) is 0 Å². The van der Waals surface area contributed by atoms with Crippen LogP contribution in [0.15, 0.2) is 84.9 Å². The molecule has 2 aliphatic heterocycles. The Morgan fingerprint density at radius 1 is 0.536 bits per heavy atom. The van der Waals surface area contributed by atoms with Gasteiger partial charge in [-0.3, -0.25) is 0 Å². The van der Waals surface area contributed by atoms with Crippen LogP contribution in [0.2, 0.25) is 0 Å². The van der Waals surface area contributed by atoms with E-state index in [0.717, 1.165) is 0 Å². The summed E-state index contributed by atoms with van der Waals surface area (Å²) in [5.41, 5.74) is 4.82. The lowest BCUT2D eigenvalue weighted by Gasteiger charge is -2.40. The first-order valence-electron chi connectivity index (χ1n) is 10.8. The molecule has 140 valence electrons. The van der Waals surface area contributed by atoms with Gasteiger partial charge in [-0.1, -0.05) is 104 Å².